The number of benzene rings is 1. The molecule has 1 aromatic carbocycles. The Bertz CT molecular complexity index is 834. The molecule has 1 fully saturated rings. The molecule has 0 radical (unpaired) electrons. The van der Waals surface area contributed by atoms with E-state index in [-0.39, 0.29) is 30.3 Å². The molecule has 128 valence electrons. The van der Waals surface area contributed by atoms with E-state index < -0.39 is 6.10 Å². The fourth-order valence-corrected chi connectivity index (χ4v) is 3.20. The smallest absolute Gasteiger partial charge is 0.261 e. The monoisotopic (exact) mass is 349 g/mol. The zero-order valence-corrected chi connectivity index (χ0v) is 14.2. The van der Waals surface area contributed by atoms with E-state index in [0.29, 0.717) is 22.3 Å². The SMILES string of the molecule is Cc1cc2ncn(CC(=O)C[C@H]3NCCC[C@@H]3O)c(=O)c2cc1Cl. The van der Waals surface area contributed by atoms with Gasteiger partial charge < -0.3 is 10.4 Å². The largest absolute Gasteiger partial charge is 0.391 e. The predicted molar refractivity (Wildman–Crippen MR) is 92.4 cm³/mol. The van der Waals surface area contributed by atoms with Crippen LogP contribution in [-0.2, 0) is 11.3 Å². The van der Waals surface area contributed by atoms with E-state index >= 15 is 0 Å². The van der Waals surface area contributed by atoms with E-state index in [1.54, 1.807) is 12.1 Å². The van der Waals surface area contributed by atoms with Crippen molar-refractivity contribution in [1.82, 2.24) is 14.9 Å². The van der Waals surface area contributed by atoms with Crippen molar-refractivity contribution in [3.63, 3.8) is 0 Å². The van der Waals surface area contributed by atoms with Crippen molar-refractivity contribution in [2.45, 2.75) is 44.9 Å². The lowest BCUT2D eigenvalue weighted by atomic mass is 9.97. The van der Waals surface area contributed by atoms with Gasteiger partial charge in [0.25, 0.3) is 5.56 Å². The van der Waals surface area contributed by atoms with Crippen LogP contribution in [0.4, 0.5) is 0 Å². The third-order valence-electron chi connectivity index (χ3n) is 4.45. The second kappa shape index (κ2) is 7.01. The average molecular weight is 350 g/mol. The molecule has 2 aromatic rings. The third-order valence-corrected chi connectivity index (χ3v) is 4.85. The van der Waals surface area contributed by atoms with Gasteiger partial charge in [-0.2, -0.15) is 0 Å². The van der Waals surface area contributed by atoms with E-state index in [1.165, 1.54) is 10.9 Å². The highest BCUT2D eigenvalue weighted by molar-refractivity contribution is 6.32. The molecule has 7 heteroatoms. The van der Waals surface area contributed by atoms with Crippen LogP contribution in [0.2, 0.25) is 5.02 Å². The van der Waals surface area contributed by atoms with E-state index in [2.05, 4.69) is 10.3 Å². The molecular weight excluding hydrogens is 330 g/mol. The van der Waals surface area contributed by atoms with Crippen LogP contribution in [0.15, 0.2) is 23.3 Å². The number of ketones is 1. The maximum atomic E-state index is 12.5. The molecule has 2 heterocycles. The summed E-state index contributed by atoms with van der Waals surface area (Å²) in [6, 6.07) is 3.11. The summed E-state index contributed by atoms with van der Waals surface area (Å²) < 4.78 is 1.30. The standard InChI is InChI=1S/C17H20ClN3O3/c1-10-5-14-12(7-13(10)18)17(24)21(9-20-14)8-11(22)6-15-16(23)3-2-4-19-15/h5,7,9,15-16,19,23H,2-4,6,8H2,1H3/t15-,16+/m1/s1. The molecule has 2 N–H and O–H groups in total. The van der Waals surface area contributed by atoms with Crippen LogP contribution in [0.3, 0.4) is 0 Å². The molecule has 1 aliphatic heterocycles. The lowest BCUT2D eigenvalue weighted by molar-refractivity contribution is -0.121. The van der Waals surface area contributed by atoms with Crippen LogP contribution in [0.25, 0.3) is 10.9 Å². The van der Waals surface area contributed by atoms with Crippen LogP contribution in [0.5, 0.6) is 0 Å². The van der Waals surface area contributed by atoms with Gasteiger partial charge in [0.15, 0.2) is 5.78 Å². The average Bonchev–Trinajstić information content (AvgIpc) is 2.54. The van der Waals surface area contributed by atoms with Crippen LogP contribution >= 0.6 is 11.6 Å². The van der Waals surface area contributed by atoms with Gasteiger partial charge in [0.2, 0.25) is 0 Å². The topological polar surface area (TPSA) is 84.2 Å². The summed E-state index contributed by atoms with van der Waals surface area (Å²) in [4.78, 5) is 29.0. The minimum Gasteiger partial charge on any atom is -0.391 e. The van der Waals surface area contributed by atoms with Gasteiger partial charge in [0.1, 0.15) is 0 Å². The number of fused-ring (bicyclic) bond motifs is 1. The Hall–Kier alpha value is -1.76. The highest BCUT2D eigenvalue weighted by Crippen LogP contribution is 2.19. The second-order valence-corrected chi connectivity index (χ2v) is 6.72. The number of piperidine rings is 1. The zero-order valence-electron chi connectivity index (χ0n) is 13.5. The number of aliphatic hydroxyl groups excluding tert-OH is 1. The number of Topliss-reactive ketones (excluding diaryl/α,β-unsaturated/α-hetero) is 1. The molecule has 0 aliphatic carbocycles. The highest BCUT2D eigenvalue weighted by Gasteiger charge is 2.25. The van der Waals surface area contributed by atoms with Crippen molar-refractivity contribution >= 4 is 28.3 Å². The fraction of sp³-hybridized carbons (Fsp3) is 0.471. The first kappa shape index (κ1) is 17.1. The Morgan fingerprint density at radius 1 is 1.50 bits per heavy atom. The number of nitrogens with one attached hydrogen (secondary N) is 1. The van der Waals surface area contributed by atoms with Gasteiger partial charge in [-0.25, -0.2) is 4.98 Å². The quantitative estimate of drug-likeness (QED) is 0.872. The normalized spacial score (nSPS) is 21.1. The van der Waals surface area contributed by atoms with Crippen LogP contribution < -0.4 is 10.9 Å². The minimum atomic E-state index is -0.518. The number of halogens is 1. The van der Waals surface area contributed by atoms with E-state index in [0.717, 1.165) is 18.5 Å². The maximum absolute atomic E-state index is 12.5. The molecular formula is C17H20ClN3O3. The maximum Gasteiger partial charge on any atom is 0.261 e. The molecule has 1 aromatic heterocycles. The van der Waals surface area contributed by atoms with Gasteiger partial charge in [-0.1, -0.05) is 11.6 Å². The number of aliphatic hydroxyl groups is 1. The van der Waals surface area contributed by atoms with Gasteiger partial charge in [0.05, 0.1) is 29.9 Å². The lowest BCUT2D eigenvalue weighted by Gasteiger charge is -2.28. The summed E-state index contributed by atoms with van der Waals surface area (Å²) in [6.45, 7) is 2.59. The van der Waals surface area contributed by atoms with E-state index in [9.17, 15) is 14.7 Å². The van der Waals surface area contributed by atoms with Crippen molar-refractivity contribution < 1.29 is 9.90 Å². The van der Waals surface area contributed by atoms with Crippen LogP contribution in [0.1, 0.15) is 24.8 Å². The van der Waals surface area contributed by atoms with Crippen molar-refractivity contribution in [2.75, 3.05) is 6.54 Å². The number of hydrogen-bond donors (Lipinski definition) is 2. The number of nitrogens with zero attached hydrogens (tertiary/aromatic N) is 2. The Kier molecular flexibility index (Phi) is 4.99. The fourth-order valence-electron chi connectivity index (χ4n) is 3.04. The molecule has 0 bridgehead atoms. The van der Waals surface area contributed by atoms with Crippen molar-refractivity contribution in [2.24, 2.45) is 0 Å². The van der Waals surface area contributed by atoms with Crippen molar-refractivity contribution in [3.05, 3.63) is 39.4 Å². The number of hydrogen-bond acceptors (Lipinski definition) is 5. The summed E-state index contributed by atoms with van der Waals surface area (Å²) in [5.74, 6) is -0.116. The Balaban J connectivity index is 1.79. The van der Waals surface area contributed by atoms with Gasteiger partial charge in [-0.15, -0.1) is 0 Å². The Morgan fingerprint density at radius 2 is 2.29 bits per heavy atom. The van der Waals surface area contributed by atoms with Gasteiger partial charge in [-0.3, -0.25) is 14.2 Å². The summed E-state index contributed by atoms with van der Waals surface area (Å²) in [5, 5.41) is 14.0. The van der Waals surface area contributed by atoms with Crippen molar-refractivity contribution in [3.8, 4) is 0 Å². The zero-order chi connectivity index (χ0) is 17.3. The number of aryl methyl sites for hydroxylation is 1. The molecule has 24 heavy (non-hydrogen) atoms. The summed E-state index contributed by atoms with van der Waals surface area (Å²) >= 11 is 6.08. The first-order valence-corrected chi connectivity index (χ1v) is 8.42. The van der Waals surface area contributed by atoms with E-state index in [1.807, 2.05) is 6.92 Å². The minimum absolute atomic E-state index is 0.0574. The number of carbonyl (C=O) groups is 1. The molecule has 1 aliphatic rings. The highest BCUT2D eigenvalue weighted by atomic mass is 35.5. The molecule has 0 spiro atoms. The summed E-state index contributed by atoms with van der Waals surface area (Å²) in [5.41, 5.74) is 1.13. The van der Waals surface area contributed by atoms with Crippen molar-refractivity contribution in [1.29, 1.82) is 0 Å². The van der Waals surface area contributed by atoms with Gasteiger partial charge in [-0.05, 0) is 44.0 Å². The summed E-state index contributed by atoms with van der Waals surface area (Å²) in [6.07, 6.45) is 2.66. The third kappa shape index (κ3) is 3.50. The Morgan fingerprint density at radius 3 is 3.04 bits per heavy atom. The first-order valence-electron chi connectivity index (χ1n) is 8.04. The molecule has 0 saturated carbocycles. The van der Waals surface area contributed by atoms with Gasteiger partial charge >= 0.3 is 0 Å². The molecule has 1 saturated heterocycles. The van der Waals surface area contributed by atoms with E-state index in [4.69, 9.17) is 11.6 Å². The number of rotatable bonds is 4. The second-order valence-electron chi connectivity index (χ2n) is 6.31. The Labute approximate surface area is 144 Å². The lowest BCUT2D eigenvalue weighted by Crippen LogP contribution is -2.46. The van der Waals surface area contributed by atoms with Crippen LogP contribution in [0, 0.1) is 6.92 Å². The molecule has 0 amide bonds. The summed E-state index contributed by atoms with van der Waals surface area (Å²) in [7, 11) is 0. The molecule has 2 atom stereocenters. The predicted octanol–water partition coefficient (Wildman–Crippen LogP) is 1.43. The molecule has 6 nitrogen and oxygen atoms in total. The van der Waals surface area contributed by atoms with Crippen LogP contribution in [-0.4, -0.2) is 39.1 Å². The van der Waals surface area contributed by atoms with Gasteiger partial charge in [0, 0.05) is 17.5 Å². The molecule has 0 unspecified atom stereocenters. The first-order chi connectivity index (χ1) is 11.5. The number of aromatic nitrogens is 2. The molecule has 3 rings (SSSR count). The number of carbonyl (C=O) groups excluding carboxylic acids is 1.